The maximum Gasteiger partial charge on any atom is 0.306 e. The largest absolute Gasteiger partial charge is 0.462 e. The van der Waals surface area contributed by atoms with Crippen LogP contribution in [0.5, 0.6) is 0 Å². The van der Waals surface area contributed by atoms with Crippen LogP contribution in [-0.4, -0.2) is 37.2 Å². The third-order valence-electron chi connectivity index (χ3n) is 15.8. The Morgan fingerprint density at radius 3 is 0.667 bits per heavy atom. The van der Waals surface area contributed by atoms with Gasteiger partial charge in [0, 0.05) is 19.3 Å². The van der Waals surface area contributed by atoms with E-state index >= 15 is 0 Å². The topological polar surface area (TPSA) is 78.9 Å². The van der Waals surface area contributed by atoms with Gasteiger partial charge in [0.25, 0.3) is 0 Å². The van der Waals surface area contributed by atoms with Crippen LogP contribution in [0.2, 0.25) is 0 Å². The van der Waals surface area contributed by atoms with Gasteiger partial charge < -0.3 is 14.2 Å². The van der Waals surface area contributed by atoms with Gasteiger partial charge in [-0.15, -0.1) is 0 Å². The average Bonchev–Trinajstić information content (AvgIpc) is 3.41. The summed E-state index contributed by atoms with van der Waals surface area (Å²) in [4.78, 5) is 38.1. The minimum absolute atomic E-state index is 0.0624. The van der Waals surface area contributed by atoms with Crippen LogP contribution < -0.4 is 0 Å². The van der Waals surface area contributed by atoms with Crippen molar-refractivity contribution in [3.63, 3.8) is 0 Å². The van der Waals surface area contributed by atoms with Crippen molar-refractivity contribution in [1.82, 2.24) is 0 Å². The van der Waals surface area contributed by atoms with E-state index in [4.69, 9.17) is 14.2 Å². The van der Waals surface area contributed by atoms with E-state index in [-0.39, 0.29) is 31.1 Å². The second-order valence-corrected chi connectivity index (χ2v) is 23.5. The standard InChI is InChI=1S/C69H132O6/c1-4-7-10-13-16-19-21-23-25-26-27-28-29-30-31-32-33-34-35-36-37-38-39-40-41-42-44-45-47-50-53-56-59-62-68(71)74-65-66(64-73-67(70)61-58-55-52-49-18-15-12-9-6-3)75-69(72)63-60-57-54-51-48-46-43-24-22-20-17-14-11-8-5-2/h26-27,66H,4-25,28-65H2,1-3H3/b27-26-. The van der Waals surface area contributed by atoms with E-state index < -0.39 is 6.10 Å². The first kappa shape index (κ1) is 73.2. The fourth-order valence-corrected chi connectivity index (χ4v) is 10.6. The molecule has 0 aliphatic rings. The van der Waals surface area contributed by atoms with Gasteiger partial charge in [-0.25, -0.2) is 0 Å². The molecule has 6 nitrogen and oxygen atoms in total. The number of hydrogen-bond acceptors (Lipinski definition) is 6. The summed E-state index contributed by atoms with van der Waals surface area (Å²) in [6, 6.07) is 0. The van der Waals surface area contributed by atoms with Crippen molar-refractivity contribution < 1.29 is 28.6 Å². The molecule has 0 aliphatic heterocycles. The van der Waals surface area contributed by atoms with Gasteiger partial charge in [0.2, 0.25) is 0 Å². The number of ether oxygens (including phenoxy) is 3. The van der Waals surface area contributed by atoms with Crippen LogP contribution >= 0.6 is 0 Å². The molecule has 0 aromatic rings. The quantitative estimate of drug-likeness (QED) is 0.0261. The Morgan fingerprint density at radius 1 is 0.253 bits per heavy atom. The zero-order valence-electron chi connectivity index (χ0n) is 51.1. The summed E-state index contributed by atoms with van der Waals surface area (Å²) < 4.78 is 16.9. The van der Waals surface area contributed by atoms with Gasteiger partial charge in [-0.2, -0.15) is 0 Å². The number of allylic oxidation sites excluding steroid dienone is 2. The third-order valence-corrected chi connectivity index (χ3v) is 15.8. The highest BCUT2D eigenvalue weighted by atomic mass is 16.6. The van der Waals surface area contributed by atoms with Gasteiger partial charge in [0.15, 0.2) is 6.10 Å². The van der Waals surface area contributed by atoms with Crippen molar-refractivity contribution in [2.45, 2.75) is 399 Å². The predicted molar refractivity (Wildman–Crippen MR) is 326 cm³/mol. The lowest BCUT2D eigenvalue weighted by Gasteiger charge is -2.18. The van der Waals surface area contributed by atoms with Crippen molar-refractivity contribution in [2.75, 3.05) is 13.2 Å². The first-order chi connectivity index (χ1) is 37.0. The Labute approximate surface area is 469 Å². The number of unbranched alkanes of at least 4 members (excludes halogenated alkanes) is 51. The predicted octanol–water partition coefficient (Wildman–Crippen LogP) is 23.2. The summed E-state index contributed by atoms with van der Waals surface area (Å²) >= 11 is 0. The highest BCUT2D eigenvalue weighted by Gasteiger charge is 2.19. The molecular weight excluding hydrogens is 925 g/mol. The minimum Gasteiger partial charge on any atom is -0.462 e. The van der Waals surface area contributed by atoms with Gasteiger partial charge in [0.05, 0.1) is 0 Å². The van der Waals surface area contributed by atoms with Crippen LogP contribution in [0, 0.1) is 0 Å². The summed E-state index contributed by atoms with van der Waals surface area (Å²) in [5.74, 6) is -0.835. The van der Waals surface area contributed by atoms with Crippen molar-refractivity contribution in [2.24, 2.45) is 0 Å². The molecule has 0 bridgehead atoms. The molecule has 1 atom stereocenters. The van der Waals surface area contributed by atoms with Gasteiger partial charge in [-0.05, 0) is 44.9 Å². The Bertz CT molecular complexity index is 1170. The third kappa shape index (κ3) is 62.9. The van der Waals surface area contributed by atoms with E-state index in [1.54, 1.807) is 0 Å². The van der Waals surface area contributed by atoms with E-state index in [1.807, 2.05) is 0 Å². The first-order valence-corrected chi connectivity index (χ1v) is 34.2. The molecule has 6 heteroatoms. The molecule has 0 saturated carbocycles. The van der Waals surface area contributed by atoms with E-state index in [0.29, 0.717) is 19.3 Å². The molecule has 0 heterocycles. The Hall–Kier alpha value is -1.85. The Kier molecular flexibility index (Phi) is 63.1. The van der Waals surface area contributed by atoms with E-state index in [1.165, 1.54) is 295 Å². The second-order valence-electron chi connectivity index (χ2n) is 23.5. The average molecular weight is 1060 g/mol. The molecule has 0 saturated heterocycles. The molecule has 0 spiro atoms. The number of carbonyl (C=O) groups is 3. The van der Waals surface area contributed by atoms with Gasteiger partial charge >= 0.3 is 17.9 Å². The fraction of sp³-hybridized carbons (Fsp3) is 0.928. The minimum atomic E-state index is -0.762. The monoisotopic (exact) mass is 1060 g/mol. The summed E-state index contributed by atoms with van der Waals surface area (Å²) in [7, 11) is 0. The van der Waals surface area contributed by atoms with Crippen LogP contribution in [0.1, 0.15) is 393 Å². The fourth-order valence-electron chi connectivity index (χ4n) is 10.6. The molecule has 1 unspecified atom stereocenters. The van der Waals surface area contributed by atoms with Crippen molar-refractivity contribution in [3.05, 3.63) is 12.2 Å². The van der Waals surface area contributed by atoms with Crippen LogP contribution in [0.15, 0.2) is 12.2 Å². The Balaban J connectivity index is 3.97. The van der Waals surface area contributed by atoms with E-state index in [9.17, 15) is 14.4 Å². The number of esters is 3. The Morgan fingerprint density at radius 2 is 0.440 bits per heavy atom. The number of rotatable bonds is 64. The zero-order valence-corrected chi connectivity index (χ0v) is 51.1. The first-order valence-electron chi connectivity index (χ1n) is 34.2. The van der Waals surface area contributed by atoms with E-state index in [2.05, 4.69) is 32.9 Å². The summed E-state index contributed by atoms with van der Waals surface area (Å²) in [6.07, 6.45) is 76.9. The van der Waals surface area contributed by atoms with Gasteiger partial charge in [0.1, 0.15) is 13.2 Å². The van der Waals surface area contributed by atoms with Gasteiger partial charge in [-0.3, -0.25) is 14.4 Å². The molecule has 0 aromatic heterocycles. The van der Waals surface area contributed by atoms with Crippen molar-refractivity contribution in [3.8, 4) is 0 Å². The normalized spacial score (nSPS) is 12.0. The smallest absolute Gasteiger partial charge is 0.306 e. The number of carbonyl (C=O) groups excluding carboxylic acids is 3. The van der Waals surface area contributed by atoms with E-state index in [0.717, 1.165) is 57.8 Å². The van der Waals surface area contributed by atoms with Crippen LogP contribution in [-0.2, 0) is 28.6 Å². The highest BCUT2D eigenvalue weighted by Crippen LogP contribution is 2.19. The molecule has 0 amide bonds. The number of hydrogen-bond donors (Lipinski definition) is 0. The molecule has 0 aliphatic carbocycles. The molecule has 0 fully saturated rings. The molecule has 0 rings (SSSR count). The maximum absolute atomic E-state index is 12.9. The molecule has 0 N–H and O–H groups in total. The van der Waals surface area contributed by atoms with Gasteiger partial charge in [-0.1, -0.05) is 341 Å². The lowest BCUT2D eigenvalue weighted by atomic mass is 10.0. The van der Waals surface area contributed by atoms with Crippen LogP contribution in [0.3, 0.4) is 0 Å². The molecule has 444 valence electrons. The lowest BCUT2D eigenvalue weighted by molar-refractivity contribution is -0.167. The van der Waals surface area contributed by atoms with Crippen LogP contribution in [0.4, 0.5) is 0 Å². The highest BCUT2D eigenvalue weighted by molar-refractivity contribution is 5.71. The molecular formula is C69H132O6. The molecule has 0 aromatic carbocycles. The summed E-state index contributed by atoms with van der Waals surface area (Å²) in [5.41, 5.74) is 0. The zero-order chi connectivity index (χ0) is 54.3. The maximum atomic E-state index is 12.9. The van der Waals surface area contributed by atoms with Crippen LogP contribution in [0.25, 0.3) is 0 Å². The SMILES string of the molecule is CCCCCCCCCC/C=C\CCCCCCCCCCCCCCCCCCCCCCCC(=O)OCC(COC(=O)CCCCCCCCCCC)OC(=O)CCCCCCCCCCCCCCCCC. The van der Waals surface area contributed by atoms with Crippen molar-refractivity contribution >= 4 is 17.9 Å². The van der Waals surface area contributed by atoms with Crippen molar-refractivity contribution in [1.29, 1.82) is 0 Å². The molecule has 0 radical (unpaired) electrons. The summed E-state index contributed by atoms with van der Waals surface area (Å²) in [5, 5.41) is 0. The molecule has 75 heavy (non-hydrogen) atoms. The lowest BCUT2D eigenvalue weighted by Crippen LogP contribution is -2.30. The summed E-state index contributed by atoms with van der Waals surface area (Å²) in [6.45, 7) is 6.69. The second kappa shape index (κ2) is 64.7.